The summed E-state index contributed by atoms with van der Waals surface area (Å²) >= 11 is 3.59. The van der Waals surface area contributed by atoms with Crippen LogP contribution in [0.3, 0.4) is 0 Å². The Hall–Kier alpha value is -1.67. The van der Waals surface area contributed by atoms with Crippen LogP contribution in [0.1, 0.15) is 29.1 Å². The maximum atomic E-state index is 8.85. The van der Waals surface area contributed by atoms with Crippen molar-refractivity contribution < 1.29 is 9.84 Å². The van der Waals surface area contributed by atoms with E-state index >= 15 is 0 Å². The molecular weight excluding hydrogens is 390 g/mol. The minimum atomic E-state index is 0.0522. The molecule has 28 heavy (non-hydrogen) atoms. The lowest BCUT2D eigenvalue weighted by molar-refractivity contribution is 0.0992. The predicted molar refractivity (Wildman–Crippen MR) is 116 cm³/mol. The van der Waals surface area contributed by atoms with Gasteiger partial charge >= 0.3 is 0 Å². The summed E-state index contributed by atoms with van der Waals surface area (Å²) in [5, 5.41) is 13.5. The minimum Gasteiger partial charge on any atom is -0.394 e. The van der Waals surface area contributed by atoms with E-state index in [0.29, 0.717) is 19.8 Å². The Kier molecular flexibility index (Phi) is 6.80. The number of anilines is 1. The number of ether oxygens (including phenoxy) is 1. The molecule has 1 aliphatic rings. The Morgan fingerprint density at radius 1 is 1.11 bits per heavy atom. The van der Waals surface area contributed by atoms with Crippen molar-refractivity contribution in [1.29, 1.82) is 0 Å². The van der Waals surface area contributed by atoms with Gasteiger partial charge in [0.15, 0.2) is 0 Å². The zero-order valence-electron chi connectivity index (χ0n) is 15.8. The standard InChI is InChI=1S/C21H25N3O2S2/c25-11-13-26-12-10-22-20-19-16-8-4-5-9-17(16)28-21(19)24-18(23-20)14-27-15-6-2-1-3-7-15/h1-3,6-7,25H,4-5,8-14H2,(H,22,23,24). The average Bonchev–Trinajstić information content (AvgIpc) is 3.11. The summed E-state index contributed by atoms with van der Waals surface area (Å²) in [6.45, 7) is 1.64. The Morgan fingerprint density at radius 3 is 2.82 bits per heavy atom. The van der Waals surface area contributed by atoms with Gasteiger partial charge < -0.3 is 15.2 Å². The van der Waals surface area contributed by atoms with Crippen molar-refractivity contribution in [3.8, 4) is 0 Å². The van der Waals surface area contributed by atoms with Crippen LogP contribution in [0, 0.1) is 0 Å². The molecule has 2 aromatic heterocycles. The molecule has 0 spiro atoms. The molecule has 0 bridgehead atoms. The Morgan fingerprint density at radius 2 is 1.96 bits per heavy atom. The maximum absolute atomic E-state index is 8.85. The summed E-state index contributed by atoms with van der Waals surface area (Å²) < 4.78 is 5.39. The Balaban J connectivity index is 1.57. The lowest BCUT2D eigenvalue weighted by Crippen LogP contribution is -2.13. The van der Waals surface area contributed by atoms with Crippen molar-refractivity contribution in [2.24, 2.45) is 0 Å². The lowest BCUT2D eigenvalue weighted by atomic mass is 9.97. The van der Waals surface area contributed by atoms with E-state index in [1.54, 1.807) is 11.8 Å². The second kappa shape index (κ2) is 9.69. The normalized spacial score (nSPS) is 13.6. The SMILES string of the molecule is OCCOCCNc1nc(CSc2ccccc2)nc2sc3c(c12)CCCC3. The molecule has 0 saturated carbocycles. The van der Waals surface area contributed by atoms with Gasteiger partial charge in [-0.1, -0.05) is 18.2 Å². The summed E-state index contributed by atoms with van der Waals surface area (Å²) in [5.74, 6) is 2.54. The first-order valence-corrected chi connectivity index (χ1v) is 11.6. The van der Waals surface area contributed by atoms with Crippen molar-refractivity contribution in [3.05, 3.63) is 46.6 Å². The van der Waals surface area contributed by atoms with Crippen LogP contribution in [0.5, 0.6) is 0 Å². The topological polar surface area (TPSA) is 67.3 Å². The van der Waals surface area contributed by atoms with E-state index in [4.69, 9.17) is 19.8 Å². The zero-order valence-corrected chi connectivity index (χ0v) is 17.5. The van der Waals surface area contributed by atoms with E-state index in [0.717, 1.165) is 35.1 Å². The van der Waals surface area contributed by atoms with Gasteiger partial charge in [0, 0.05) is 16.3 Å². The van der Waals surface area contributed by atoms with Gasteiger partial charge in [-0.05, 0) is 43.4 Å². The number of nitrogens with zero attached hydrogens (tertiary/aromatic N) is 2. The summed E-state index contributed by atoms with van der Waals surface area (Å²) in [7, 11) is 0. The molecule has 1 aromatic carbocycles. The number of nitrogens with one attached hydrogen (secondary N) is 1. The summed E-state index contributed by atoms with van der Waals surface area (Å²) in [5.41, 5.74) is 1.44. The third-order valence-electron chi connectivity index (χ3n) is 4.75. The van der Waals surface area contributed by atoms with Gasteiger partial charge in [-0.15, -0.1) is 23.1 Å². The molecule has 3 aromatic rings. The number of rotatable bonds is 9. The van der Waals surface area contributed by atoms with Crippen molar-refractivity contribution in [2.75, 3.05) is 31.7 Å². The van der Waals surface area contributed by atoms with Crippen molar-refractivity contribution in [3.63, 3.8) is 0 Å². The Labute approximate surface area is 173 Å². The number of aromatic nitrogens is 2. The number of hydrogen-bond donors (Lipinski definition) is 2. The maximum Gasteiger partial charge on any atom is 0.142 e. The van der Waals surface area contributed by atoms with Crippen molar-refractivity contribution >= 4 is 39.1 Å². The highest BCUT2D eigenvalue weighted by Crippen LogP contribution is 2.39. The first-order valence-electron chi connectivity index (χ1n) is 9.76. The van der Waals surface area contributed by atoms with Gasteiger partial charge in [0.05, 0.1) is 31.0 Å². The number of aliphatic hydroxyl groups excluding tert-OH is 1. The molecule has 0 radical (unpaired) electrons. The van der Waals surface area contributed by atoms with Gasteiger partial charge in [0.1, 0.15) is 16.5 Å². The molecular formula is C21H25N3O2S2. The molecule has 0 unspecified atom stereocenters. The van der Waals surface area contributed by atoms with E-state index in [2.05, 4.69) is 29.6 Å². The van der Waals surface area contributed by atoms with Crippen LogP contribution < -0.4 is 5.32 Å². The van der Waals surface area contributed by atoms with Gasteiger partial charge in [-0.3, -0.25) is 0 Å². The molecule has 4 rings (SSSR count). The van der Waals surface area contributed by atoms with Crippen molar-refractivity contribution in [2.45, 2.75) is 36.3 Å². The molecule has 0 saturated heterocycles. The highest BCUT2D eigenvalue weighted by atomic mass is 32.2. The second-order valence-electron chi connectivity index (χ2n) is 6.74. The van der Waals surface area contributed by atoms with Crippen LogP contribution in [-0.4, -0.2) is 41.4 Å². The van der Waals surface area contributed by atoms with Gasteiger partial charge in [-0.2, -0.15) is 0 Å². The number of thiophene rings is 1. The number of aliphatic hydroxyl groups is 1. The molecule has 0 atom stereocenters. The number of hydrogen-bond acceptors (Lipinski definition) is 7. The van der Waals surface area contributed by atoms with Crippen LogP contribution in [0.2, 0.25) is 0 Å². The van der Waals surface area contributed by atoms with Crippen LogP contribution in [0.25, 0.3) is 10.2 Å². The fraction of sp³-hybridized carbons (Fsp3) is 0.429. The molecule has 0 aliphatic heterocycles. The number of fused-ring (bicyclic) bond motifs is 3. The third kappa shape index (κ3) is 4.66. The highest BCUT2D eigenvalue weighted by Gasteiger charge is 2.21. The molecule has 2 heterocycles. The van der Waals surface area contributed by atoms with Crippen LogP contribution >= 0.6 is 23.1 Å². The van der Waals surface area contributed by atoms with Crippen molar-refractivity contribution in [1.82, 2.24) is 9.97 Å². The van der Waals surface area contributed by atoms with Gasteiger partial charge in [0.2, 0.25) is 0 Å². The fourth-order valence-corrected chi connectivity index (χ4v) is 5.52. The van der Waals surface area contributed by atoms with E-state index in [-0.39, 0.29) is 6.61 Å². The summed E-state index contributed by atoms with van der Waals surface area (Å²) in [4.78, 5) is 13.6. The summed E-state index contributed by atoms with van der Waals surface area (Å²) in [6, 6.07) is 10.4. The second-order valence-corrected chi connectivity index (χ2v) is 8.88. The number of aryl methyl sites for hydroxylation is 2. The minimum absolute atomic E-state index is 0.0522. The highest BCUT2D eigenvalue weighted by molar-refractivity contribution is 7.98. The number of benzene rings is 1. The zero-order chi connectivity index (χ0) is 19.2. The van der Waals surface area contributed by atoms with Crippen LogP contribution in [0.4, 0.5) is 5.82 Å². The lowest BCUT2D eigenvalue weighted by Gasteiger charge is -2.13. The number of thioether (sulfide) groups is 1. The fourth-order valence-electron chi connectivity index (χ4n) is 3.47. The summed E-state index contributed by atoms with van der Waals surface area (Å²) in [6.07, 6.45) is 4.78. The molecule has 0 fully saturated rings. The molecule has 0 amide bonds. The largest absolute Gasteiger partial charge is 0.394 e. The third-order valence-corrected chi connectivity index (χ3v) is 6.94. The average molecular weight is 416 g/mol. The smallest absolute Gasteiger partial charge is 0.142 e. The van der Waals surface area contributed by atoms with E-state index in [1.165, 1.54) is 33.6 Å². The molecule has 2 N–H and O–H groups in total. The Bertz CT molecular complexity index is 915. The van der Waals surface area contributed by atoms with Gasteiger partial charge in [0.25, 0.3) is 0 Å². The predicted octanol–water partition coefficient (Wildman–Crippen LogP) is 4.28. The molecule has 1 aliphatic carbocycles. The van der Waals surface area contributed by atoms with E-state index < -0.39 is 0 Å². The molecule has 7 heteroatoms. The van der Waals surface area contributed by atoms with Crippen LogP contribution in [0.15, 0.2) is 35.2 Å². The van der Waals surface area contributed by atoms with E-state index in [1.807, 2.05) is 17.4 Å². The first-order chi connectivity index (χ1) is 13.8. The monoisotopic (exact) mass is 415 g/mol. The van der Waals surface area contributed by atoms with Crippen LogP contribution in [-0.2, 0) is 23.3 Å². The molecule has 148 valence electrons. The van der Waals surface area contributed by atoms with E-state index in [9.17, 15) is 0 Å². The quantitative estimate of drug-likeness (QED) is 0.402. The first kappa shape index (κ1) is 19.6. The van der Waals surface area contributed by atoms with Gasteiger partial charge in [-0.25, -0.2) is 9.97 Å². The molecule has 5 nitrogen and oxygen atoms in total.